The van der Waals surface area contributed by atoms with E-state index in [0.717, 1.165) is 29.9 Å². The molecule has 1 heterocycles. The highest BCUT2D eigenvalue weighted by Crippen LogP contribution is 2.28. The van der Waals surface area contributed by atoms with E-state index >= 15 is 0 Å². The van der Waals surface area contributed by atoms with Crippen molar-refractivity contribution in [3.8, 4) is 0 Å². The molecule has 0 aliphatic heterocycles. The summed E-state index contributed by atoms with van der Waals surface area (Å²) in [7, 11) is 0. The number of aryl methyl sites for hydroxylation is 1. The summed E-state index contributed by atoms with van der Waals surface area (Å²) in [5.41, 5.74) is 3.09. The van der Waals surface area contributed by atoms with Crippen molar-refractivity contribution in [2.75, 3.05) is 5.75 Å². The highest BCUT2D eigenvalue weighted by atomic mass is 35.5. The maximum atomic E-state index is 12.2. The van der Waals surface area contributed by atoms with Crippen LogP contribution in [-0.4, -0.2) is 16.8 Å². The second-order valence-corrected chi connectivity index (χ2v) is 8.02. The Hall–Kier alpha value is -1.17. The smallest absolute Gasteiger partial charge is 0.230 e. The molecule has 1 N–H and O–H groups in total. The molecule has 1 aromatic carbocycles. The third-order valence-corrected chi connectivity index (χ3v) is 5.82. The lowest BCUT2D eigenvalue weighted by Crippen LogP contribution is -2.28. The van der Waals surface area contributed by atoms with Gasteiger partial charge in [-0.25, -0.2) is 0 Å². The number of hydrogen-bond acceptors (Lipinski definition) is 4. The number of benzene rings is 1. The Bertz CT molecular complexity index is 764. The quantitative estimate of drug-likeness (QED) is 0.745. The molecule has 1 atom stereocenters. The number of nitrogens with one attached hydrogen (secondary N) is 1. The second kappa shape index (κ2) is 8.47. The minimum atomic E-state index is -0.169. The number of carbonyl (C=O) groups is 1. The minimum absolute atomic E-state index is 0.0270. The number of thioether (sulfide) groups is 1. The van der Waals surface area contributed by atoms with Crippen LogP contribution in [0.5, 0.6) is 0 Å². The lowest BCUT2D eigenvalue weighted by molar-refractivity contribution is -0.119. The summed E-state index contributed by atoms with van der Waals surface area (Å²) in [6.45, 7) is 1.91. The first kappa shape index (κ1) is 18.6. The minimum Gasteiger partial charge on any atom is -0.361 e. The van der Waals surface area contributed by atoms with Crippen LogP contribution in [0.15, 0.2) is 22.7 Å². The molecule has 4 nitrogen and oxygen atoms in total. The van der Waals surface area contributed by atoms with E-state index < -0.39 is 0 Å². The van der Waals surface area contributed by atoms with Crippen LogP contribution in [0.4, 0.5) is 0 Å². The summed E-state index contributed by atoms with van der Waals surface area (Å²) in [5.74, 6) is 2.07. The van der Waals surface area contributed by atoms with Crippen molar-refractivity contribution in [3.63, 3.8) is 0 Å². The molecule has 0 fully saturated rings. The lowest BCUT2D eigenvalue weighted by Gasteiger charge is -2.16. The fraction of sp³-hybridized carbons (Fsp3) is 0.444. The maximum absolute atomic E-state index is 12.2. The Kier molecular flexibility index (Phi) is 6.31. The molecule has 0 spiro atoms. The van der Waals surface area contributed by atoms with Crippen LogP contribution in [0.3, 0.4) is 0 Å². The predicted octanol–water partition coefficient (Wildman–Crippen LogP) is 4.97. The Morgan fingerprint density at radius 1 is 1.36 bits per heavy atom. The van der Waals surface area contributed by atoms with Gasteiger partial charge in [0, 0.05) is 27.8 Å². The summed E-state index contributed by atoms with van der Waals surface area (Å²) in [4.78, 5) is 12.2. The van der Waals surface area contributed by atoms with Crippen molar-refractivity contribution in [3.05, 3.63) is 50.8 Å². The van der Waals surface area contributed by atoms with E-state index in [2.05, 4.69) is 10.5 Å². The van der Waals surface area contributed by atoms with Gasteiger partial charge in [-0.05, 0) is 43.9 Å². The molecule has 0 saturated carbocycles. The predicted molar refractivity (Wildman–Crippen MR) is 102 cm³/mol. The summed E-state index contributed by atoms with van der Waals surface area (Å²) < 4.78 is 5.40. The number of halogens is 2. The number of carbonyl (C=O) groups excluding carboxylic acids is 1. The first-order valence-electron chi connectivity index (χ1n) is 8.33. The first-order chi connectivity index (χ1) is 12.0. The summed E-state index contributed by atoms with van der Waals surface area (Å²) in [6.07, 6.45) is 4.37. The van der Waals surface area contributed by atoms with Crippen LogP contribution in [-0.2, 0) is 23.4 Å². The van der Waals surface area contributed by atoms with Crippen LogP contribution in [0, 0.1) is 0 Å². The van der Waals surface area contributed by atoms with Gasteiger partial charge in [0.1, 0.15) is 5.76 Å². The summed E-state index contributed by atoms with van der Waals surface area (Å²) in [6, 6.07) is 5.12. The monoisotopic (exact) mass is 398 g/mol. The van der Waals surface area contributed by atoms with E-state index in [9.17, 15) is 4.79 Å². The molecule has 3 rings (SSSR count). The fourth-order valence-corrected chi connectivity index (χ4v) is 4.38. The summed E-state index contributed by atoms with van der Waals surface area (Å²) >= 11 is 13.6. The molecule has 0 bridgehead atoms. The third-order valence-electron chi connectivity index (χ3n) is 4.31. The van der Waals surface area contributed by atoms with Crippen molar-refractivity contribution in [2.24, 2.45) is 0 Å². The third kappa shape index (κ3) is 4.72. The fourth-order valence-electron chi connectivity index (χ4n) is 3.02. The van der Waals surface area contributed by atoms with Gasteiger partial charge in [-0.15, -0.1) is 11.8 Å². The Labute approximate surface area is 161 Å². The van der Waals surface area contributed by atoms with Gasteiger partial charge in [-0.2, -0.15) is 0 Å². The van der Waals surface area contributed by atoms with Gasteiger partial charge < -0.3 is 9.84 Å². The van der Waals surface area contributed by atoms with E-state index in [-0.39, 0.29) is 11.9 Å². The van der Waals surface area contributed by atoms with E-state index in [1.165, 1.54) is 18.4 Å². The van der Waals surface area contributed by atoms with Crippen LogP contribution in [0.25, 0.3) is 0 Å². The Morgan fingerprint density at radius 3 is 2.96 bits per heavy atom. The molecule has 25 heavy (non-hydrogen) atoms. The standard InChI is InChI=1S/C18H20Cl2N2O2S/c1-11(13-7-6-12(19)8-15(13)20)21-18(23)10-25-9-16-14-4-2-3-5-17(14)24-22-16/h6-8,11H,2-5,9-10H2,1H3,(H,21,23). The highest BCUT2D eigenvalue weighted by molar-refractivity contribution is 7.99. The molecule has 134 valence electrons. The number of aromatic nitrogens is 1. The van der Waals surface area contributed by atoms with Gasteiger partial charge in [0.2, 0.25) is 5.91 Å². The Morgan fingerprint density at radius 2 is 2.16 bits per heavy atom. The van der Waals surface area contributed by atoms with Crippen LogP contribution >= 0.6 is 35.0 Å². The lowest BCUT2D eigenvalue weighted by atomic mass is 9.97. The molecule has 1 amide bonds. The van der Waals surface area contributed by atoms with Crippen molar-refractivity contribution in [2.45, 2.75) is 44.4 Å². The van der Waals surface area contributed by atoms with Gasteiger partial charge in [0.05, 0.1) is 17.5 Å². The normalized spacial score (nSPS) is 14.8. The van der Waals surface area contributed by atoms with Crippen LogP contribution in [0.2, 0.25) is 10.0 Å². The van der Waals surface area contributed by atoms with Crippen LogP contribution < -0.4 is 5.32 Å². The van der Waals surface area contributed by atoms with E-state index in [4.69, 9.17) is 27.7 Å². The van der Waals surface area contributed by atoms with Crippen LogP contribution in [0.1, 0.15) is 48.4 Å². The second-order valence-electron chi connectivity index (χ2n) is 6.19. The number of amides is 1. The zero-order valence-corrected chi connectivity index (χ0v) is 16.3. The SMILES string of the molecule is CC(NC(=O)CSCc1noc2c1CCCC2)c1ccc(Cl)cc1Cl. The van der Waals surface area contributed by atoms with E-state index in [1.807, 2.05) is 13.0 Å². The molecule has 0 saturated heterocycles. The largest absolute Gasteiger partial charge is 0.361 e. The van der Waals surface area contributed by atoms with Gasteiger partial charge >= 0.3 is 0 Å². The molecule has 1 unspecified atom stereocenters. The number of nitrogens with zero attached hydrogens (tertiary/aromatic N) is 1. The average molecular weight is 399 g/mol. The van der Waals surface area contributed by atoms with Crippen molar-refractivity contribution in [1.29, 1.82) is 0 Å². The molecule has 0 radical (unpaired) electrons. The van der Waals surface area contributed by atoms with Gasteiger partial charge in [0.15, 0.2) is 0 Å². The van der Waals surface area contributed by atoms with Gasteiger partial charge in [0.25, 0.3) is 0 Å². The van der Waals surface area contributed by atoms with Crippen molar-refractivity contribution >= 4 is 40.9 Å². The number of fused-ring (bicyclic) bond motifs is 1. The molecule has 1 aliphatic carbocycles. The van der Waals surface area contributed by atoms with Gasteiger partial charge in [-0.3, -0.25) is 4.79 Å². The topological polar surface area (TPSA) is 55.1 Å². The molecule has 7 heteroatoms. The zero-order chi connectivity index (χ0) is 17.8. The molecule has 1 aliphatic rings. The Balaban J connectivity index is 1.49. The van der Waals surface area contributed by atoms with Crippen molar-refractivity contribution in [1.82, 2.24) is 10.5 Å². The first-order valence-corrected chi connectivity index (χ1v) is 10.2. The zero-order valence-electron chi connectivity index (χ0n) is 14.0. The maximum Gasteiger partial charge on any atom is 0.230 e. The molecular formula is C18H20Cl2N2O2S. The highest BCUT2D eigenvalue weighted by Gasteiger charge is 2.19. The molecule has 2 aromatic rings. The van der Waals surface area contributed by atoms with Crippen molar-refractivity contribution < 1.29 is 9.32 Å². The number of hydrogen-bond donors (Lipinski definition) is 1. The van der Waals surface area contributed by atoms with Gasteiger partial charge in [-0.1, -0.05) is 34.4 Å². The number of rotatable bonds is 6. The van der Waals surface area contributed by atoms with E-state index in [0.29, 0.717) is 21.6 Å². The molecule has 1 aromatic heterocycles. The average Bonchev–Trinajstić information content (AvgIpc) is 2.98. The summed E-state index contributed by atoms with van der Waals surface area (Å²) in [5, 5.41) is 8.27. The van der Waals surface area contributed by atoms with E-state index in [1.54, 1.807) is 23.9 Å². The molecular weight excluding hydrogens is 379 g/mol.